The predicted molar refractivity (Wildman–Crippen MR) is 113 cm³/mol. The van der Waals surface area contributed by atoms with Crippen molar-refractivity contribution >= 4 is 35.8 Å². The zero-order chi connectivity index (χ0) is 17.5. The molecule has 0 spiro atoms. The van der Waals surface area contributed by atoms with Gasteiger partial charge in [0.15, 0.2) is 5.96 Å². The molecule has 1 fully saturated rings. The number of halogens is 1. The lowest BCUT2D eigenvalue weighted by Crippen LogP contribution is -2.50. The fraction of sp³-hybridized carbons (Fsp3) is 0.889. The second-order valence-electron chi connectivity index (χ2n) is 7.63. The molecule has 1 aliphatic carbocycles. The van der Waals surface area contributed by atoms with Gasteiger partial charge in [-0.3, -0.25) is 9.79 Å². The molecule has 5 nitrogen and oxygen atoms in total. The smallest absolute Gasteiger partial charge is 0.230 e. The van der Waals surface area contributed by atoms with Crippen molar-refractivity contribution in [1.82, 2.24) is 15.5 Å². The predicted octanol–water partition coefficient (Wildman–Crippen LogP) is 3.24. The van der Waals surface area contributed by atoms with Crippen LogP contribution in [0.3, 0.4) is 0 Å². The molecule has 1 aliphatic rings. The largest absolute Gasteiger partial charge is 0.355 e. The van der Waals surface area contributed by atoms with Crippen LogP contribution in [0.1, 0.15) is 59.3 Å². The molecule has 0 heterocycles. The average molecular weight is 452 g/mol. The summed E-state index contributed by atoms with van der Waals surface area (Å²) >= 11 is 0. The molecule has 0 aromatic carbocycles. The Morgan fingerprint density at radius 1 is 1.17 bits per heavy atom. The number of carbonyl (C=O) groups is 1. The Morgan fingerprint density at radius 3 is 2.21 bits per heavy atom. The van der Waals surface area contributed by atoms with Crippen LogP contribution in [-0.2, 0) is 4.79 Å². The first-order valence-corrected chi connectivity index (χ1v) is 8.99. The lowest BCUT2D eigenvalue weighted by atomic mass is 9.84. The summed E-state index contributed by atoms with van der Waals surface area (Å²) in [6.07, 6.45) is 6.54. The highest BCUT2D eigenvalue weighted by Crippen LogP contribution is 2.38. The van der Waals surface area contributed by atoms with Crippen LogP contribution in [0.5, 0.6) is 0 Å². The van der Waals surface area contributed by atoms with Crippen molar-refractivity contribution in [3.05, 3.63) is 0 Å². The quantitative estimate of drug-likeness (QED) is 0.354. The maximum Gasteiger partial charge on any atom is 0.230 e. The van der Waals surface area contributed by atoms with E-state index in [1.807, 2.05) is 14.1 Å². The molecule has 0 radical (unpaired) electrons. The molecule has 0 aliphatic heterocycles. The van der Waals surface area contributed by atoms with Gasteiger partial charge < -0.3 is 15.5 Å². The first-order chi connectivity index (χ1) is 10.8. The number of hydrogen-bond donors (Lipinski definition) is 2. The van der Waals surface area contributed by atoms with Crippen LogP contribution in [-0.4, -0.2) is 50.5 Å². The molecular weight excluding hydrogens is 415 g/mol. The molecule has 2 N–H and O–H groups in total. The molecule has 0 aromatic heterocycles. The number of carbonyl (C=O) groups excluding carboxylic acids is 1. The zero-order valence-electron chi connectivity index (χ0n) is 16.3. The summed E-state index contributed by atoms with van der Waals surface area (Å²) in [5.74, 6) is 1.76. The third-order valence-electron chi connectivity index (χ3n) is 4.80. The Balaban J connectivity index is 0.00000529. The normalized spacial score (nSPS) is 18.0. The van der Waals surface area contributed by atoms with E-state index >= 15 is 0 Å². The van der Waals surface area contributed by atoms with Crippen LogP contribution in [0.4, 0.5) is 0 Å². The Hall–Kier alpha value is -0.530. The third kappa shape index (κ3) is 7.15. The number of rotatable bonds is 7. The van der Waals surface area contributed by atoms with Gasteiger partial charge in [0.2, 0.25) is 5.91 Å². The number of nitrogens with zero attached hydrogens (tertiary/aromatic N) is 2. The van der Waals surface area contributed by atoms with Gasteiger partial charge in [0.25, 0.3) is 0 Å². The van der Waals surface area contributed by atoms with Crippen molar-refractivity contribution in [2.75, 3.05) is 27.7 Å². The fourth-order valence-electron chi connectivity index (χ4n) is 3.33. The summed E-state index contributed by atoms with van der Waals surface area (Å²) in [4.78, 5) is 18.6. The lowest BCUT2D eigenvalue weighted by Gasteiger charge is -2.31. The summed E-state index contributed by atoms with van der Waals surface area (Å²) in [6, 6.07) is 0.382. The van der Waals surface area contributed by atoms with E-state index in [0.717, 1.165) is 38.1 Å². The minimum atomic E-state index is -0.262. The Kier molecular flexibility index (Phi) is 10.9. The van der Waals surface area contributed by atoms with E-state index in [1.165, 1.54) is 6.42 Å². The van der Waals surface area contributed by atoms with E-state index in [4.69, 9.17) is 0 Å². The van der Waals surface area contributed by atoms with Crippen molar-refractivity contribution in [2.45, 2.75) is 65.3 Å². The summed E-state index contributed by atoms with van der Waals surface area (Å²) in [5, 5.41) is 6.84. The number of aliphatic imine (C=N–C) groups is 1. The lowest BCUT2D eigenvalue weighted by molar-refractivity contribution is -0.138. The topological polar surface area (TPSA) is 56.7 Å². The molecular formula is C18H37IN4O. The van der Waals surface area contributed by atoms with Gasteiger partial charge in [-0.1, -0.05) is 26.7 Å². The summed E-state index contributed by atoms with van der Waals surface area (Å²) in [6.45, 7) is 7.35. The van der Waals surface area contributed by atoms with Crippen LogP contribution in [0.2, 0.25) is 0 Å². The fourth-order valence-corrected chi connectivity index (χ4v) is 3.33. The molecule has 1 amide bonds. The molecule has 6 heteroatoms. The van der Waals surface area contributed by atoms with Gasteiger partial charge in [-0.25, -0.2) is 0 Å². The van der Waals surface area contributed by atoms with Gasteiger partial charge >= 0.3 is 0 Å². The minimum absolute atomic E-state index is 0. The molecule has 0 bridgehead atoms. The monoisotopic (exact) mass is 452 g/mol. The third-order valence-corrected chi connectivity index (χ3v) is 4.80. The van der Waals surface area contributed by atoms with Crippen LogP contribution in [0.15, 0.2) is 4.99 Å². The molecule has 1 unspecified atom stereocenters. The Morgan fingerprint density at radius 2 is 1.75 bits per heavy atom. The van der Waals surface area contributed by atoms with Gasteiger partial charge in [-0.05, 0) is 38.5 Å². The van der Waals surface area contributed by atoms with E-state index in [9.17, 15) is 4.79 Å². The number of amides is 1. The summed E-state index contributed by atoms with van der Waals surface area (Å²) in [5.41, 5.74) is -0.262. The standard InChI is InChI=1S/C18H36N4O.HI/c1-14(2)9-10-15(3)21-17(19-4)20-13-18(11-7-8-12-18)16(23)22(5)6;/h14-15H,7-13H2,1-6H3,(H2,19,20,21);1H. The van der Waals surface area contributed by atoms with Crippen LogP contribution in [0.25, 0.3) is 0 Å². The number of hydrogen-bond acceptors (Lipinski definition) is 2. The SMILES string of the molecule is CN=C(NCC1(C(=O)N(C)C)CCCC1)NC(C)CCC(C)C.I. The molecule has 1 rings (SSSR count). The van der Waals surface area contributed by atoms with E-state index < -0.39 is 0 Å². The second kappa shape index (κ2) is 11.2. The minimum Gasteiger partial charge on any atom is -0.355 e. The van der Waals surface area contributed by atoms with Crippen molar-refractivity contribution in [1.29, 1.82) is 0 Å². The van der Waals surface area contributed by atoms with E-state index in [-0.39, 0.29) is 35.3 Å². The second-order valence-corrected chi connectivity index (χ2v) is 7.63. The maximum absolute atomic E-state index is 12.6. The first kappa shape index (κ1) is 23.5. The van der Waals surface area contributed by atoms with Crippen LogP contribution < -0.4 is 10.6 Å². The van der Waals surface area contributed by atoms with Crippen LogP contribution >= 0.6 is 24.0 Å². The van der Waals surface area contributed by atoms with Crippen molar-refractivity contribution in [2.24, 2.45) is 16.3 Å². The highest BCUT2D eigenvalue weighted by Gasteiger charge is 2.42. The number of nitrogens with one attached hydrogen (secondary N) is 2. The van der Waals surface area contributed by atoms with Crippen molar-refractivity contribution in [3.8, 4) is 0 Å². The van der Waals surface area contributed by atoms with Gasteiger partial charge in [0.1, 0.15) is 0 Å². The summed E-state index contributed by atoms with van der Waals surface area (Å²) in [7, 11) is 5.49. The van der Waals surface area contributed by atoms with Gasteiger partial charge in [0.05, 0.1) is 5.41 Å². The van der Waals surface area contributed by atoms with E-state index in [2.05, 4.69) is 36.4 Å². The van der Waals surface area contributed by atoms with Gasteiger partial charge in [-0.2, -0.15) is 0 Å². The Labute approximate surface area is 165 Å². The summed E-state index contributed by atoms with van der Waals surface area (Å²) < 4.78 is 0. The molecule has 1 saturated carbocycles. The van der Waals surface area contributed by atoms with E-state index in [1.54, 1.807) is 11.9 Å². The maximum atomic E-state index is 12.6. The molecule has 142 valence electrons. The molecule has 1 atom stereocenters. The van der Waals surface area contributed by atoms with Crippen molar-refractivity contribution in [3.63, 3.8) is 0 Å². The molecule has 0 aromatic rings. The number of guanidine groups is 1. The molecule has 0 saturated heterocycles. The molecule has 24 heavy (non-hydrogen) atoms. The first-order valence-electron chi connectivity index (χ1n) is 8.99. The average Bonchev–Trinajstić information content (AvgIpc) is 2.98. The zero-order valence-corrected chi connectivity index (χ0v) is 18.6. The van der Waals surface area contributed by atoms with Gasteiger partial charge in [0, 0.05) is 33.7 Å². The Bertz CT molecular complexity index is 404. The van der Waals surface area contributed by atoms with Crippen LogP contribution in [0, 0.1) is 11.3 Å². The highest BCUT2D eigenvalue weighted by atomic mass is 127. The van der Waals surface area contributed by atoms with Gasteiger partial charge in [-0.15, -0.1) is 24.0 Å². The van der Waals surface area contributed by atoms with Crippen molar-refractivity contribution < 1.29 is 4.79 Å². The highest BCUT2D eigenvalue weighted by molar-refractivity contribution is 14.0. The van der Waals surface area contributed by atoms with E-state index in [0.29, 0.717) is 18.5 Å².